The van der Waals surface area contributed by atoms with Crippen molar-refractivity contribution in [3.63, 3.8) is 0 Å². The van der Waals surface area contributed by atoms with Crippen LogP contribution in [-0.4, -0.2) is 26.8 Å². The number of aryl methyl sites for hydroxylation is 1. The van der Waals surface area contributed by atoms with E-state index >= 15 is 0 Å². The summed E-state index contributed by atoms with van der Waals surface area (Å²) in [6.45, 7) is 0. The summed E-state index contributed by atoms with van der Waals surface area (Å²) in [5.74, 6) is -1.93. The molecule has 1 amide bonds. The summed E-state index contributed by atoms with van der Waals surface area (Å²) in [6, 6.07) is 12.1. The number of carbonyl (C=O) groups is 2. The van der Waals surface area contributed by atoms with E-state index in [0.717, 1.165) is 22.1 Å². The van der Waals surface area contributed by atoms with E-state index < -0.39 is 23.7 Å². The molecule has 0 aliphatic heterocycles. The first-order valence-corrected chi connectivity index (χ1v) is 8.99. The van der Waals surface area contributed by atoms with E-state index in [1.165, 1.54) is 31.3 Å². The van der Waals surface area contributed by atoms with Gasteiger partial charge in [0.25, 0.3) is 5.91 Å². The Balaban J connectivity index is 1.85. The molecule has 10 heteroatoms. The molecular weight excluding hydrogens is 407 g/mol. The maximum absolute atomic E-state index is 12.9. The molecule has 2 N–H and O–H groups in total. The zero-order valence-corrected chi connectivity index (χ0v) is 15.7. The first kappa shape index (κ1) is 20.3. The van der Waals surface area contributed by atoms with Crippen molar-refractivity contribution in [3.05, 3.63) is 70.4 Å². The van der Waals surface area contributed by atoms with Crippen LogP contribution in [0.5, 0.6) is 0 Å². The van der Waals surface area contributed by atoms with Gasteiger partial charge in [-0.15, -0.1) is 11.3 Å². The highest BCUT2D eigenvalue weighted by Crippen LogP contribution is 2.34. The molecule has 0 spiro atoms. The molecule has 0 bridgehead atoms. The summed E-state index contributed by atoms with van der Waals surface area (Å²) in [6.07, 6.45) is -3.29. The number of hydrogen-bond acceptors (Lipinski definition) is 4. The number of carbonyl (C=O) groups excluding carboxylic acids is 1. The molecule has 0 radical (unpaired) electrons. The minimum Gasteiger partial charge on any atom is -0.477 e. The monoisotopic (exact) mass is 421 g/mol. The molecule has 29 heavy (non-hydrogen) atoms. The van der Waals surface area contributed by atoms with Crippen LogP contribution >= 0.6 is 11.3 Å². The van der Waals surface area contributed by atoms with Crippen LogP contribution in [0.25, 0.3) is 16.6 Å². The lowest BCUT2D eigenvalue weighted by Crippen LogP contribution is -2.27. The standard InChI is InChI=1S/C19H14F3N3O3S/c1-25-16(19(20,21)22)10-13(24-25)15-8-7-12(29-15)9-14(18(27)28)23-17(26)11-5-3-2-4-6-11/h2-10H,1H3,(H,23,26)(H,27,28). The highest BCUT2D eigenvalue weighted by Gasteiger charge is 2.35. The van der Waals surface area contributed by atoms with Gasteiger partial charge in [-0.1, -0.05) is 18.2 Å². The third-order valence-electron chi connectivity index (χ3n) is 3.85. The first-order valence-electron chi connectivity index (χ1n) is 8.18. The van der Waals surface area contributed by atoms with E-state index in [-0.39, 0.29) is 11.4 Å². The molecule has 0 saturated carbocycles. The Kier molecular flexibility index (Phi) is 5.55. The van der Waals surface area contributed by atoms with Gasteiger partial charge in [-0.3, -0.25) is 9.48 Å². The second-order valence-electron chi connectivity index (χ2n) is 5.92. The molecule has 1 aromatic carbocycles. The summed E-state index contributed by atoms with van der Waals surface area (Å²) in [4.78, 5) is 24.5. The maximum atomic E-state index is 12.9. The smallest absolute Gasteiger partial charge is 0.433 e. The number of alkyl halides is 3. The third-order valence-corrected chi connectivity index (χ3v) is 4.91. The van der Waals surface area contributed by atoms with Gasteiger partial charge in [0.1, 0.15) is 17.1 Å². The fourth-order valence-corrected chi connectivity index (χ4v) is 3.41. The van der Waals surface area contributed by atoms with Gasteiger partial charge in [-0.05, 0) is 36.4 Å². The molecule has 2 heterocycles. The van der Waals surface area contributed by atoms with Crippen LogP contribution in [0.4, 0.5) is 13.2 Å². The number of halogens is 3. The van der Waals surface area contributed by atoms with Crippen LogP contribution in [0.15, 0.2) is 54.2 Å². The van der Waals surface area contributed by atoms with Crippen molar-refractivity contribution >= 4 is 29.3 Å². The average molecular weight is 421 g/mol. The number of nitrogens with zero attached hydrogens (tertiary/aromatic N) is 2. The Bertz CT molecular complexity index is 1090. The minimum absolute atomic E-state index is 0.120. The van der Waals surface area contributed by atoms with Crippen molar-refractivity contribution in [2.75, 3.05) is 0 Å². The molecule has 0 saturated heterocycles. The highest BCUT2D eigenvalue weighted by molar-refractivity contribution is 7.16. The quantitative estimate of drug-likeness (QED) is 0.610. The molecule has 2 aromatic heterocycles. The normalized spacial score (nSPS) is 12.1. The van der Waals surface area contributed by atoms with E-state index in [1.807, 2.05) is 0 Å². The Morgan fingerprint density at radius 1 is 1.17 bits per heavy atom. The summed E-state index contributed by atoms with van der Waals surface area (Å²) < 4.78 is 39.5. The molecular formula is C19H14F3N3O3S. The number of thiophene rings is 1. The topological polar surface area (TPSA) is 84.2 Å². The van der Waals surface area contributed by atoms with Crippen molar-refractivity contribution in [2.24, 2.45) is 7.05 Å². The van der Waals surface area contributed by atoms with Gasteiger partial charge in [-0.25, -0.2) is 4.79 Å². The number of aliphatic carboxylic acids is 1. The van der Waals surface area contributed by atoms with Crippen molar-refractivity contribution in [1.82, 2.24) is 15.1 Å². The van der Waals surface area contributed by atoms with Gasteiger partial charge in [0.05, 0.1) is 4.88 Å². The average Bonchev–Trinajstić information content (AvgIpc) is 3.28. The number of carboxylic acid groups (broad SMARTS) is 1. The van der Waals surface area contributed by atoms with Crippen LogP contribution in [0.2, 0.25) is 0 Å². The summed E-state index contributed by atoms with van der Waals surface area (Å²) in [5.41, 5.74) is -0.835. The fraction of sp³-hybridized carbons (Fsp3) is 0.105. The summed E-state index contributed by atoms with van der Waals surface area (Å²) in [7, 11) is 1.20. The molecule has 3 rings (SSSR count). The molecule has 3 aromatic rings. The lowest BCUT2D eigenvalue weighted by molar-refractivity contribution is -0.143. The molecule has 0 unspecified atom stereocenters. The SMILES string of the molecule is Cn1nc(-c2ccc(C=C(NC(=O)c3ccccc3)C(=O)O)s2)cc1C(F)(F)F. The van der Waals surface area contributed by atoms with Crippen molar-refractivity contribution in [1.29, 1.82) is 0 Å². The maximum Gasteiger partial charge on any atom is 0.433 e. The Morgan fingerprint density at radius 3 is 2.45 bits per heavy atom. The predicted octanol–water partition coefficient (Wildman–Crippen LogP) is 4.02. The Labute approximate surface area is 166 Å². The molecule has 150 valence electrons. The number of hydrogen-bond donors (Lipinski definition) is 2. The first-order chi connectivity index (χ1) is 13.6. The number of rotatable bonds is 5. The summed E-state index contributed by atoms with van der Waals surface area (Å²) in [5, 5.41) is 15.6. The van der Waals surface area contributed by atoms with E-state index in [0.29, 0.717) is 15.3 Å². The minimum atomic E-state index is -4.53. The second kappa shape index (κ2) is 7.92. The molecule has 6 nitrogen and oxygen atoms in total. The lowest BCUT2D eigenvalue weighted by atomic mass is 10.2. The van der Waals surface area contributed by atoms with Gasteiger partial charge in [0, 0.05) is 17.5 Å². The largest absolute Gasteiger partial charge is 0.477 e. The zero-order chi connectivity index (χ0) is 21.2. The van der Waals surface area contributed by atoms with E-state index in [9.17, 15) is 27.9 Å². The zero-order valence-electron chi connectivity index (χ0n) is 14.9. The number of amides is 1. The van der Waals surface area contributed by atoms with Gasteiger partial charge in [0.15, 0.2) is 0 Å². The predicted molar refractivity (Wildman–Crippen MR) is 101 cm³/mol. The number of aromatic nitrogens is 2. The van der Waals surface area contributed by atoms with Gasteiger partial charge in [-0.2, -0.15) is 18.3 Å². The number of carboxylic acids is 1. The lowest BCUT2D eigenvalue weighted by Gasteiger charge is -2.05. The van der Waals surface area contributed by atoms with E-state index in [2.05, 4.69) is 10.4 Å². The van der Waals surface area contributed by atoms with Crippen LogP contribution < -0.4 is 5.32 Å². The van der Waals surface area contributed by atoms with Gasteiger partial charge in [0.2, 0.25) is 0 Å². The molecule has 0 fully saturated rings. The third kappa shape index (κ3) is 4.72. The molecule has 0 aliphatic rings. The summed E-state index contributed by atoms with van der Waals surface area (Å²) >= 11 is 1.05. The van der Waals surface area contributed by atoms with Gasteiger partial charge < -0.3 is 10.4 Å². The van der Waals surface area contributed by atoms with Crippen LogP contribution in [0, 0.1) is 0 Å². The molecule has 0 aliphatic carbocycles. The van der Waals surface area contributed by atoms with Crippen LogP contribution in [0.3, 0.4) is 0 Å². The molecule has 0 atom stereocenters. The van der Waals surface area contributed by atoms with Crippen LogP contribution in [0.1, 0.15) is 20.9 Å². The Hall–Kier alpha value is -3.40. The van der Waals surface area contributed by atoms with E-state index in [4.69, 9.17) is 0 Å². The Morgan fingerprint density at radius 2 is 1.86 bits per heavy atom. The highest BCUT2D eigenvalue weighted by atomic mass is 32.1. The van der Waals surface area contributed by atoms with E-state index in [1.54, 1.807) is 24.3 Å². The van der Waals surface area contributed by atoms with Crippen molar-refractivity contribution in [3.8, 4) is 10.6 Å². The number of benzene rings is 1. The van der Waals surface area contributed by atoms with Gasteiger partial charge >= 0.3 is 12.1 Å². The van der Waals surface area contributed by atoms with Crippen molar-refractivity contribution in [2.45, 2.75) is 6.18 Å². The van der Waals surface area contributed by atoms with Crippen LogP contribution in [-0.2, 0) is 18.0 Å². The van der Waals surface area contributed by atoms with Crippen molar-refractivity contribution < 1.29 is 27.9 Å². The fourth-order valence-electron chi connectivity index (χ4n) is 2.50. The number of nitrogens with one attached hydrogen (secondary N) is 1. The second-order valence-corrected chi connectivity index (χ2v) is 7.04.